The second-order valence-corrected chi connectivity index (χ2v) is 18.3. The monoisotopic (exact) mass is 789 g/mol. The van der Waals surface area contributed by atoms with Gasteiger partial charge in [0.25, 0.3) is 11.5 Å². The van der Waals surface area contributed by atoms with Crippen molar-refractivity contribution in [1.82, 2.24) is 34.9 Å². The van der Waals surface area contributed by atoms with Gasteiger partial charge in [0.1, 0.15) is 17.6 Å². The Morgan fingerprint density at radius 1 is 1.13 bits per heavy atom. The van der Waals surface area contributed by atoms with Crippen molar-refractivity contribution >= 4 is 55.2 Å². The molecule has 16 heteroatoms. The molecule has 5 atom stereocenters. The molecule has 2 aliphatic heterocycles. The third kappa shape index (κ3) is 7.58. The van der Waals surface area contributed by atoms with Gasteiger partial charge < -0.3 is 20.4 Å². The highest BCUT2D eigenvalue weighted by atomic mass is 32.2. The number of fused-ring (bicyclic) bond motifs is 6. The summed E-state index contributed by atoms with van der Waals surface area (Å²) >= 11 is 1.61. The van der Waals surface area contributed by atoms with Gasteiger partial charge in [-0.25, -0.2) is 17.9 Å². The number of hydrogen-bond donors (Lipinski definition) is 3. The predicted octanol–water partition coefficient (Wildman–Crippen LogP) is 3.49. The van der Waals surface area contributed by atoms with Crippen molar-refractivity contribution in [3.63, 3.8) is 0 Å². The molecule has 2 aliphatic carbocycles. The molecule has 3 fully saturated rings. The van der Waals surface area contributed by atoms with E-state index in [1.54, 1.807) is 38.4 Å². The summed E-state index contributed by atoms with van der Waals surface area (Å²) in [6, 6.07) is 4.71. The van der Waals surface area contributed by atoms with Crippen molar-refractivity contribution in [2.24, 2.45) is 11.8 Å². The van der Waals surface area contributed by atoms with Crippen molar-refractivity contribution < 1.29 is 27.6 Å². The molecule has 4 bridgehead atoms. The maximum absolute atomic E-state index is 14.5. The highest BCUT2D eigenvalue weighted by Gasteiger charge is 2.62. The topological polar surface area (TPSA) is 180 Å². The summed E-state index contributed by atoms with van der Waals surface area (Å²) in [5, 5.41) is 12.8. The second kappa shape index (κ2) is 15.0. The molecule has 5 amide bonds. The Bertz CT molecular complexity index is 2240. The lowest BCUT2D eigenvalue weighted by Gasteiger charge is -2.32. The number of thiophene rings is 1. The lowest BCUT2D eigenvalue weighted by molar-refractivity contribution is -0.141. The summed E-state index contributed by atoms with van der Waals surface area (Å²) in [5.74, 6) is -2.97. The SMILES string of the molecule is C=C[C@@H]1C[C@]1(NC(=O)[C@@H]1CC2CN1C(=O)[C@H](C(C)C)NC(=O)N(C)CC/C=C/CCc1c(-c3ccc4ccsc4c3)cnn2c1=O)C(=O)NS(=O)(=O)C1CC1. The van der Waals surface area contributed by atoms with Crippen LogP contribution in [0.2, 0.25) is 0 Å². The normalized spacial score (nSPS) is 26.7. The van der Waals surface area contributed by atoms with Crippen molar-refractivity contribution in [2.75, 3.05) is 20.1 Å². The van der Waals surface area contributed by atoms with E-state index in [0.717, 1.165) is 15.6 Å². The van der Waals surface area contributed by atoms with Crippen molar-refractivity contribution in [3.05, 3.63) is 76.6 Å². The zero-order chi connectivity index (χ0) is 39.2. The summed E-state index contributed by atoms with van der Waals surface area (Å²) in [6.45, 7) is 7.68. The lowest BCUT2D eigenvalue weighted by atomic mass is 9.98. The zero-order valence-corrected chi connectivity index (χ0v) is 32.8. The van der Waals surface area contributed by atoms with Crippen LogP contribution in [0.4, 0.5) is 4.79 Å². The Hall–Kier alpha value is -4.83. The molecular weight excluding hydrogens is 743 g/mol. The van der Waals surface area contributed by atoms with Crippen molar-refractivity contribution in [2.45, 2.75) is 87.7 Å². The first-order valence-corrected chi connectivity index (χ1v) is 21.2. The molecule has 3 aromatic rings. The van der Waals surface area contributed by atoms with E-state index in [9.17, 15) is 32.4 Å². The van der Waals surface area contributed by atoms with E-state index in [4.69, 9.17) is 0 Å². The molecule has 2 aromatic heterocycles. The number of sulfonamides is 1. The Balaban J connectivity index is 1.27. The smallest absolute Gasteiger partial charge is 0.317 e. The fraction of sp³-hybridized carbons (Fsp3) is 0.487. The fourth-order valence-electron chi connectivity index (χ4n) is 7.65. The van der Waals surface area contributed by atoms with E-state index in [0.29, 0.717) is 49.8 Å². The van der Waals surface area contributed by atoms with Crippen LogP contribution in [0.1, 0.15) is 64.0 Å². The zero-order valence-electron chi connectivity index (χ0n) is 31.2. The van der Waals surface area contributed by atoms with E-state index in [-0.39, 0.29) is 30.9 Å². The van der Waals surface area contributed by atoms with Gasteiger partial charge in [-0.15, -0.1) is 17.9 Å². The number of rotatable bonds is 8. The van der Waals surface area contributed by atoms with Gasteiger partial charge in [-0.1, -0.05) is 44.2 Å². The number of carbonyl (C=O) groups is 4. The Kier molecular flexibility index (Phi) is 10.5. The lowest BCUT2D eigenvalue weighted by Crippen LogP contribution is -2.59. The number of nitrogens with one attached hydrogen (secondary N) is 3. The number of urea groups is 1. The number of benzene rings is 1. The molecule has 3 N–H and O–H groups in total. The average Bonchev–Trinajstić information content (AvgIpc) is 4.04. The van der Waals surface area contributed by atoms with E-state index < -0.39 is 68.6 Å². The summed E-state index contributed by atoms with van der Waals surface area (Å²) in [6.07, 6.45) is 9.70. The van der Waals surface area contributed by atoms with Crippen molar-refractivity contribution in [3.8, 4) is 11.1 Å². The number of amides is 5. The molecule has 4 aliphatic rings. The summed E-state index contributed by atoms with van der Waals surface area (Å²) in [5.41, 5.74) is 0.214. The van der Waals surface area contributed by atoms with Gasteiger partial charge in [0.15, 0.2) is 0 Å². The molecule has 7 rings (SSSR count). The van der Waals surface area contributed by atoms with Crippen LogP contribution < -0.4 is 20.9 Å². The number of aromatic nitrogens is 2. The Labute approximate surface area is 324 Å². The second-order valence-electron chi connectivity index (χ2n) is 15.4. The molecule has 0 spiro atoms. The molecule has 292 valence electrons. The van der Waals surface area contributed by atoms with Gasteiger partial charge >= 0.3 is 6.03 Å². The first-order chi connectivity index (χ1) is 26.2. The first kappa shape index (κ1) is 38.4. The highest BCUT2D eigenvalue weighted by molar-refractivity contribution is 7.91. The third-order valence-electron chi connectivity index (χ3n) is 11.2. The molecule has 1 unspecified atom stereocenters. The predicted molar refractivity (Wildman–Crippen MR) is 210 cm³/mol. The van der Waals surface area contributed by atoms with Crippen LogP contribution >= 0.6 is 11.3 Å². The molecule has 2 saturated carbocycles. The maximum atomic E-state index is 14.5. The molecule has 55 heavy (non-hydrogen) atoms. The van der Waals surface area contributed by atoms with Crippen LogP contribution in [-0.2, 0) is 30.8 Å². The van der Waals surface area contributed by atoms with Gasteiger partial charge in [-0.3, -0.25) is 23.9 Å². The Morgan fingerprint density at radius 2 is 1.89 bits per heavy atom. The Morgan fingerprint density at radius 3 is 2.60 bits per heavy atom. The molecule has 14 nitrogen and oxygen atoms in total. The van der Waals surface area contributed by atoms with Crippen LogP contribution in [-0.4, -0.2) is 94.8 Å². The minimum absolute atomic E-state index is 0.0141. The third-order valence-corrected chi connectivity index (χ3v) is 13.9. The summed E-state index contributed by atoms with van der Waals surface area (Å²) in [4.78, 5) is 73.2. The van der Waals surface area contributed by atoms with Crippen molar-refractivity contribution in [1.29, 1.82) is 0 Å². The molecule has 4 heterocycles. The molecule has 0 radical (unpaired) electrons. The standard InChI is InChI=1S/C39H47N7O7S2/c1-5-26-20-39(26,37(50)43-55(52,53)28-13-14-28)42-34(47)31-19-27-22-45(31)36(49)33(23(2)3)41-38(51)44(4)16-9-7-6-8-10-29-30(21-40-46(27)35(29)48)25-12-11-24-15-17-54-32(24)18-25/h5-7,11-12,15,17-18,21,23,26-28,31,33H,1,8-10,13-14,16,19-20,22H2,2-4H3,(H,41,51)(H,42,47)(H,43,50)/b7-6+/t26-,27?,31+,33+,39-/m1/s1. The summed E-state index contributed by atoms with van der Waals surface area (Å²) in [7, 11) is -2.27. The highest BCUT2D eigenvalue weighted by Crippen LogP contribution is 2.45. The van der Waals surface area contributed by atoms with Crippen LogP contribution in [0.3, 0.4) is 0 Å². The van der Waals surface area contributed by atoms with E-state index in [2.05, 4.69) is 27.0 Å². The van der Waals surface area contributed by atoms with Gasteiger partial charge in [-0.2, -0.15) is 5.10 Å². The van der Waals surface area contributed by atoms with Crippen LogP contribution in [0, 0.1) is 11.8 Å². The summed E-state index contributed by atoms with van der Waals surface area (Å²) < 4.78 is 30.1. The van der Waals surface area contributed by atoms with E-state index >= 15 is 0 Å². The van der Waals surface area contributed by atoms with Gasteiger partial charge in [0.2, 0.25) is 21.8 Å². The minimum Gasteiger partial charge on any atom is -0.339 e. The average molecular weight is 790 g/mol. The van der Waals surface area contributed by atoms with E-state index in [1.807, 2.05) is 41.8 Å². The van der Waals surface area contributed by atoms with Crippen LogP contribution in [0.5, 0.6) is 0 Å². The number of allylic oxidation sites excluding steroid dienone is 1. The van der Waals surface area contributed by atoms with Crippen LogP contribution in [0.15, 0.2) is 65.4 Å². The van der Waals surface area contributed by atoms with Gasteiger partial charge in [0, 0.05) is 48.3 Å². The van der Waals surface area contributed by atoms with E-state index in [1.165, 1.54) is 20.6 Å². The first-order valence-electron chi connectivity index (χ1n) is 18.8. The van der Waals surface area contributed by atoms with Gasteiger partial charge in [0.05, 0.1) is 17.5 Å². The molecule has 1 aromatic carbocycles. The number of hydrogen-bond acceptors (Lipinski definition) is 9. The minimum atomic E-state index is -3.91. The molecular formula is C39H47N7O7S2. The van der Waals surface area contributed by atoms with Crippen LogP contribution in [0.25, 0.3) is 21.2 Å². The quantitative estimate of drug-likeness (QED) is 0.290. The van der Waals surface area contributed by atoms with Gasteiger partial charge in [-0.05, 0) is 72.9 Å². The number of carbonyl (C=O) groups excluding carboxylic acids is 4. The largest absolute Gasteiger partial charge is 0.339 e. The molecule has 1 saturated heterocycles. The fourth-order valence-corrected chi connectivity index (χ4v) is 9.84. The maximum Gasteiger partial charge on any atom is 0.317 e. The number of nitrogens with zero attached hydrogens (tertiary/aromatic N) is 4.